The van der Waals surface area contributed by atoms with Crippen LogP contribution in [0.15, 0.2) is 22.7 Å². The Hall–Kier alpha value is -0.900. The van der Waals surface area contributed by atoms with E-state index in [2.05, 4.69) is 15.9 Å². The average molecular weight is 246 g/mol. The summed E-state index contributed by atoms with van der Waals surface area (Å²) in [7, 11) is 3.30. The molecule has 13 heavy (non-hydrogen) atoms. The Morgan fingerprint density at radius 2 is 2.08 bits per heavy atom. The van der Waals surface area contributed by atoms with Crippen LogP contribution in [-0.4, -0.2) is 24.9 Å². The first kappa shape index (κ1) is 10.2. The average Bonchev–Trinajstić information content (AvgIpc) is 2.03. The molecule has 0 aliphatic carbocycles. The maximum Gasteiger partial charge on any atom is 0.254 e. The summed E-state index contributed by atoms with van der Waals surface area (Å²) in [6.45, 7) is 0. The summed E-state index contributed by atoms with van der Waals surface area (Å²) in [6, 6.07) is 4.00. The summed E-state index contributed by atoms with van der Waals surface area (Å²) in [4.78, 5) is 12.9. The highest BCUT2D eigenvalue weighted by Gasteiger charge is 2.11. The molecular weight excluding hydrogens is 237 g/mol. The Balaban J connectivity index is 3.09. The molecule has 0 radical (unpaired) electrons. The Labute approximate surface area is 84.5 Å². The van der Waals surface area contributed by atoms with Gasteiger partial charge in [0.05, 0.1) is 5.56 Å². The van der Waals surface area contributed by atoms with Crippen molar-refractivity contribution in [1.29, 1.82) is 0 Å². The molecule has 1 aromatic carbocycles. The number of carbonyl (C=O) groups excluding carboxylic acids is 1. The topological polar surface area (TPSA) is 20.3 Å². The Morgan fingerprint density at radius 3 is 2.54 bits per heavy atom. The minimum atomic E-state index is -0.359. The Morgan fingerprint density at radius 1 is 1.46 bits per heavy atom. The van der Waals surface area contributed by atoms with E-state index in [9.17, 15) is 9.18 Å². The van der Waals surface area contributed by atoms with Crippen LogP contribution < -0.4 is 0 Å². The van der Waals surface area contributed by atoms with Crippen molar-refractivity contribution in [3.63, 3.8) is 0 Å². The highest BCUT2D eigenvalue weighted by atomic mass is 79.9. The molecule has 0 atom stereocenters. The molecule has 0 aliphatic rings. The number of halogens is 2. The predicted molar refractivity (Wildman–Crippen MR) is 52.1 cm³/mol. The van der Waals surface area contributed by atoms with E-state index < -0.39 is 0 Å². The molecule has 0 aromatic heterocycles. The summed E-state index contributed by atoms with van der Waals surface area (Å²) in [5.41, 5.74) is 0.464. The van der Waals surface area contributed by atoms with Crippen molar-refractivity contribution in [3.05, 3.63) is 34.1 Å². The first-order valence-corrected chi connectivity index (χ1v) is 4.48. The van der Waals surface area contributed by atoms with Gasteiger partial charge in [0, 0.05) is 18.6 Å². The number of hydrogen-bond acceptors (Lipinski definition) is 1. The smallest absolute Gasteiger partial charge is 0.254 e. The number of carbonyl (C=O) groups is 1. The molecule has 1 aromatic rings. The molecule has 4 heteroatoms. The quantitative estimate of drug-likeness (QED) is 0.744. The summed E-state index contributed by atoms with van der Waals surface area (Å²) in [5, 5.41) is 0. The van der Waals surface area contributed by atoms with Gasteiger partial charge in [0.25, 0.3) is 5.91 Å². The van der Waals surface area contributed by atoms with Crippen molar-refractivity contribution in [2.24, 2.45) is 0 Å². The Kier molecular flexibility index (Phi) is 3.03. The van der Waals surface area contributed by atoms with E-state index in [1.54, 1.807) is 14.1 Å². The molecule has 0 fully saturated rings. The second kappa shape index (κ2) is 3.87. The third kappa shape index (κ3) is 2.28. The van der Waals surface area contributed by atoms with E-state index in [4.69, 9.17) is 0 Å². The minimum Gasteiger partial charge on any atom is -0.345 e. The van der Waals surface area contributed by atoms with Crippen molar-refractivity contribution in [1.82, 2.24) is 4.90 Å². The van der Waals surface area contributed by atoms with Crippen LogP contribution in [0.3, 0.4) is 0 Å². The van der Waals surface area contributed by atoms with E-state index in [1.807, 2.05) is 0 Å². The first-order valence-electron chi connectivity index (χ1n) is 3.69. The number of nitrogens with zero attached hydrogens (tertiary/aromatic N) is 1. The standard InChI is InChI=1S/C9H9BrFNO/c1-12(2)9(13)7-4-3-6(11)5-8(7)10/h3-5H,1-2H3. The van der Waals surface area contributed by atoms with Crippen LogP contribution in [0.4, 0.5) is 4.39 Å². The zero-order valence-electron chi connectivity index (χ0n) is 7.34. The third-order valence-electron chi connectivity index (χ3n) is 1.57. The van der Waals surface area contributed by atoms with Crippen molar-refractivity contribution in [2.45, 2.75) is 0 Å². The fourth-order valence-corrected chi connectivity index (χ4v) is 1.42. The fourth-order valence-electron chi connectivity index (χ4n) is 0.904. The van der Waals surface area contributed by atoms with Crippen LogP contribution >= 0.6 is 15.9 Å². The first-order chi connectivity index (χ1) is 6.02. The highest BCUT2D eigenvalue weighted by molar-refractivity contribution is 9.10. The van der Waals surface area contributed by atoms with Gasteiger partial charge in [-0.05, 0) is 34.1 Å². The molecule has 0 saturated heterocycles. The van der Waals surface area contributed by atoms with Crippen LogP contribution in [0.2, 0.25) is 0 Å². The van der Waals surface area contributed by atoms with E-state index >= 15 is 0 Å². The normalized spacial score (nSPS) is 9.85. The van der Waals surface area contributed by atoms with Crippen LogP contribution in [0.1, 0.15) is 10.4 Å². The van der Waals surface area contributed by atoms with E-state index in [0.717, 1.165) is 0 Å². The molecule has 2 nitrogen and oxygen atoms in total. The van der Waals surface area contributed by atoms with Crippen LogP contribution in [0.25, 0.3) is 0 Å². The fraction of sp³-hybridized carbons (Fsp3) is 0.222. The van der Waals surface area contributed by atoms with Gasteiger partial charge in [-0.3, -0.25) is 4.79 Å². The van der Waals surface area contributed by atoms with Gasteiger partial charge < -0.3 is 4.90 Å². The zero-order valence-corrected chi connectivity index (χ0v) is 8.93. The largest absolute Gasteiger partial charge is 0.345 e. The summed E-state index contributed by atoms with van der Waals surface area (Å²) >= 11 is 3.13. The molecule has 0 aliphatic heterocycles. The maximum atomic E-state index is 12.7. The monoisotopic (exact) mass is 245 g/mol. The van der Waals surface area contributed by atoms with Gasteiger partial charge in [0.15, 0.2) is 0 Å². The van der Waals surface area contributed by atoms with Crippen molar-refractivity contribution in [3.8, 4) is 0 Å². The number of hydrogen-bond donors (Lipinski definition) is 0. The Bertz CT molecular complexity index is 338. The summed E-state index contributed by atoms with van der Waals surface area (Å²) < 4.78 is 13.1. The lowest BCUT2D eigenvalue weighted by Crippen LogP contribution is -2.22. The molecule has 0 heterocycles. The molecule has 70 valence electrons. The maximum absolute atomic E-state index is 12.7. The lowest BCUT2D eigenvalue weighted by Gasteiger charge is -2.11. The van der Waals surface area contributed by atoms with Crippen LogP contribution in [-0.2, 0) is 0 Å². The highest BCUT2D eigenvalue weighted by Crippen LogP contribution is 2.18. The molecule has 1 amide bonds. The second-order valence-electron chi connectivity index (χ2n) is 2.82. The molecular formula is C9H9BrFNO. The zero-order chi connectivity index (χ0) is 10.0. The van der Waals surface area contributed by atoms with E-state index in [1.165, 1.54) is 23.1 Å². The lowest BCUT2D eigenvalue weighted by atomic mass is 10.2. The number of amides is 1. The van der Waals surface area contributed by atoms with Crippen molar-refractivity contribution in [2.75, 3.05) is 14.1 Å². The van der Waals surface area contributed by atoms with Gasteiger partial charge in [-0.1, -0.05) is 0 Å². The van der Waals surface area contributed by atoms with Gasteiger partial charge in [0.1, 0.15) is 5.82 Å². The lowest BCUT2D eigenvalue weighted by molar-refractivity contribution is 0.0826. The molecule has 1 rings (SSSR count). The molecule has 0 spiro atoms. The molecule has 0 N–H and O–H groups in total. The molecule has 0 saturated carbocycles. The minimum absolute atomic E-state index is 0.146. The van der Waals surface area contributed by atoms with Gasteiger partial charge in [-0.15, -0.1) is 0 Å². The van der Waals surface area contributed by atoms with Crippen molar-refractivity contribution >= 4 is 21.8 Å². The number of benzene rings is 1. The molecule has 0 bridgehead atoms. The third-order valence-corrected chi connectivity index (χ3v) is 2.22. The van der Waals surface area contributed by atoms with E-state index in [-0.39, 0.29) is 11.7 Å². The predicted octanol–water partition coefficient (Wildman–Crippen LogP) is 2.29. The van der Waals surface area contributed by atoms with Crippen LogP contribution in [0, 0.1) is 5.82 Å². The number of rotatable bonds is 1. The molecule has 0 unspecified atom stereocenters. The van der Waals surface area contributed by atoms with E-state index in [0.29, 0.717) is 10.0 Å². The van der Waals surface area contributed by atoms with Gasteiger partial charge in [0.2, 0.25) is 0 Å². The van der Waals surface area contributed by atoms with Gasteiger partial charge in [-0.2, -0.15) is 0 Å². The second-order valence-corrected chi connectivity index (χ2v) is 3.68. The van der Waals surface area contributed by atoms with Gasteiger partial charge in [-0.25, -0.2) is 4.39 Å². The van der Waals surface area contributed by atoms with Crippen LogP contribution in [0.5, 0.6) is 0 Å². The summed E-state index contributed by atoms with van der Waals surface area (Å²) in [6.07, 6.45) is 0. The van der Waals surface area contributed by atoms with Gasteiger partial charge >= 0.3 is 0 Å². The van der Waals surface area contributed by atoms with Crippen molar-refractivity contribution < 1.29 is 9.18 Å². The SMILES string of the molecule is CN(C)C(=O)c1ccc(F)cc1Br. The summed E-state index contributed by atoms with van der Waals surface area (Å²) in [5.74, 6) is -0.506.